The monoisotopic (exact) mass is 366 g/mol. The summed E-state index contributed by atoms with van der Waals surface area (Å²) in [7, 11) is 5.81. The molecule has 0 spiro atoms. The average Bonchev–Trinajstić information content (AvgIpc) is 3.15. The van der Waals surface area contributed by atoms with Gasteiger partial charge in [0.05, 0.1) is 24.1 Å². The molecule has 1 N–H and O–H groups in total. The third-order valence-electron chi connectivity index (χ3n) is 4.46. The maximum atomic E-state index is 12.6. The fourth-order valence-corrected chi connectivity index (χ4v) is 3.19. The highest BCUT2D eigenvalue weighted by Crippen LogP contribution is 2.16. The summed E-state index contributed by atoms with van der Waals surface area (Å²) in [5, 5.41) is 7.43. The van der Waals surface area contributed by atoms with Crippen LogP contribution in [0.15, 0.2) is 30.5 Å². The molecule has 3 aromatic rings. The highest BCUT2D eigenvalue weighted by atomic mass is 16.1. The van der Waals surface area contributed by atoms with Crippen molar-refractivity contribution in [1.29, 1.82) is 0 Å². The van der Waals surface area contributed by atoms with E-state index in [9.17, 15) is 4.79 Å². The summed E-state index contributed by atoms with van der Waals surface area (Å²) >= 11 is 0. The normalized spacial score (nSPS) is 10.9. The average molecular weight is 366 g/mol. The minimum Gasteiger partial charge on any atom is -0.348 e. The molecule has 0 saturated heterocycles. The van der Waals surface area contributed by atoms with Crippen molar-refractivity contribution < 1.29 is 4.79 Å². The van der Waals surface area contributed by atoms with Crippen LogP contribution in [0.25, 0.3) is 5.69 Å². The molecule has 0 aliphatic heterocycles. The zero-order valence-corrected chi connectivity index (χ0v) is 16.7. The van der Waals surface area contributed by atoms with Gasteiger partial charge in [-0.25, -0.2) is 9.67 Å². The number of imidazole rings is 1. The highest BCUT2D eigenvalue weighted by Gasteiger charge is 2.15. The molecule has 2 heterocycles. The zero-order valence-electron chi connectivity index (χ0n) is 16.7. The van der Waals surface area contributed by atoms with E-state index < -0.39 is 0 Å². The molecule has 3 rings (SSSR count). The van der Waals surface area contributed by atoms with E-state index in [0.717, 1.165) is 23.0 Å². The fourth-order valence-electron chi connectivity index (χ4n) is 3.19. The number of aromatic nitrogens is 4. The third-order valence-corrected chi connectivity index (χ3v) is 4.46. The van der Waals surface area contributed by atoms with Gasteiger partial charge in [-0.2, -0.15) is 5.10 Å². The Morgan fingerprint density at radius 1 is 1.11 bits per heavy atom. The van der Waals surface area contributed by atoms with Gasteiger partial charge in [-0.15, -0.1) is 0 Å². The highest BCUT2D eigenvalue weighted by molar-refractivity contribution is 5.92. The van der Waals surface area contributed by atoms with Crippen molar-refractivity contribution in [2.24, 2.45) is 7.05 Å². The van der Waals surface area contributed by atoms with Crippen molar-refractivity contribution >= 4 is 11.9 Å². The Bertz CT molecular complexity index is 962. The van der Waals surface area contributed by atoms with Crippen LogP contribution in [0.1, 0.15) is 33.0 Å². The van der Waals surface area contributed by atoms with E-state index in [1.165, 1.54) is 11.1 Å². The van der Waals surface area contributed by atoms with Crippen LogP contribution in [0.5, 0.6) is 0 Å². The van der Waals surface area contributed by atoms with Gasteiger partial charge < -0.3 is 14.8 Å². The molecule has 7 nitrogen and oxygen atoms in total. The van der Waals surface area contributed by atoms with E-state index in [-0.39, 0.29) is 5.91 Å². The predicted octanol–water partition coefficient (Wildman–Crippen LogP) is 2.53. The SMILES string of the molecule is Cc1cc(C)cc(-n2nc(C(=O)NCc3cnc(N(C)C)n3C)cc2C)c1. The lowest BCUT2D eigenvalue weighted by molar-refractivity contribution is 0.0944. The number of carbonyl (C=O) groups excluding carboxylic acids is 1. The van der Waals surface area contributed by atoms with E-state index in [1.54, 1.807) is 6.20 Å². The lowest BCUT2D eigenvalue weighted by atomic mass is 10.1. The number of hydrogen-bond acceptors (Lipinski definition) is 4. The summed E-state index contributed by atoms with van der Waals surface area (Å²) in [6.45, 7) is 6.45. The number of nitrogens with one attached hydrogen (secondary N) is 1. The standard InChI is InChI=1S/C20H26N6O/c1-13-7-14(2)9-16(8-13)26-15(3)10-18(23-26)19(27)21-11-17-12-22-20(24(4)5)25(17)6/h7-10,12H,11H2,1-6H3,(H,21,27). The molecule has 2 aromatic heterocycles. The van der Waals surface area contributed by atoms with Gasteiger partial charge in [0.25, 0.3) is 5.91 Å². The first-order chi connectivity index (χ1) is 12.8. The first kappa shape index (κ1) is 18.7. The van der Waals surface area contributed by atoms with Crippen molar-refractivity contribution in [3.63, 3.8) is 0 Å². The van der Waals surface area contributed by atoms with Crippen LogP contribution in [-0.4, -0.2) is 39.3 Å². The van der Waals surface area contributed by atoms with Crippen LogP contribution in [0.2, 0.25) is 0 Å². The van der Waals surface area contributed by atoms with Crippen LogP contribution in [0.3, 0.4) is 0 Å². The van der Waals surface area contributed by atoms with Crippen LogP contribution in [0.4, 0.5) is 5.95 Å². The Kier molecular flexibility index (Phi) is 5.03. The van der Waals surface area contributed by atoms with E-state index in [1.807, 2.05) is 48.3 Å². The van der Waals surface area contributed by atoms with E-state index in [0.29, 0.717) is 12.2 Å². The van der Waals surface area contributed by atoms with E-state index in [2.05, 4.69) is 47.4 Å². The van der Waals surface area contributed by atoms with Gasteiger partial charge in [-0.3, -0.25) is 4.79 Å². The van der Waals surface area contributed by atoms with Crippen molar-refractivity contribution in [3.8, 4) is 5.69 Å². The molecule has 0 atom stereocenters. The smallest absolute Gasteiger partial charge is 0.272 e. The number of anilines is 1. The molecule has 0 aliphatic carbocycles. The summed E-state index contributed by atoms with van der Waals surface area (Å²) in [6, 6.07) is 8.05. The predicted molar refractivity (Wildman–Crippen MR) is 106 cm³/mol. The minimum absolute atomic E-state index is 0.200. The quantitative estimate of drug-likeness (QED) is 0.753. The summed E-state index contributed by atoms with van der Waals surface area (Å²) < 4.78 is 3.77. The third kappa shape index (κ3) is 3.86. The molecule has 1 aromatic carbocycles. The summed E-state index contributed by atoms with van der Waals surface area (Å²) in [5.74, 6) is 0.642. The number of benzene rings is 1. The van der Waals surface area contributed by atoms with Gasteiger partial charge in [0, 0.05) is 26.8 Å². The number of nitrogens with zero attached hydrogens (tertiary/aromatic N) is 5. The zero-order chi connectivity index (χ0) is 19.7. The molecule has 0 radical (unpaired) electrons. The van der Waals surface area contributed by atoms with E-state index in [4.69, 9.17) is 0 Å². The van der Waals surface area contributed by atoms with Crippen LogP contribution in [0, 0.1) is 20.8 Å². The number of hydrogen-bond donors (Lipinski definition) is 1. The molecule has 0 saturated carbocycles. The molecular weight excluding hydrogens is 340 g/mol. The molecule has 27 heavy (non-hydrogen) atoms. The summed E-state index contributed by atoms with van der Waals surface area (Å²) in [5.41, 5.74) is 5.55. The molecule has 142 valence electrons. The minimum atomic E-state index is -0.200. The Labute approximate surface area is 159 Å². The van der Waals surface area contributed by atoms with Crippen LogP contribution < -0.4 is 10.2 Å². The number of amides is 1. The number of aryl methyl sites for hydroxylation is 3. The summed E-state index contributed by atoms with van der Waals surface area (Å²) in [6.07, 6.45) is 1.77. The molecule has 0 aliphatic rings. The summed E-state index contributed by atoms with van der Waals surface area (Å²) in [4.78, 5) is 18.9. The molecule has 0 fully saturated rings. The Balaban J connectivity index is 1.76. The topological polar surface area (TPSA) is 68.0 Å². The number of rotatable bonds is 5. The number of carbonyl (C=O) groups is 1. The largest absolute Gasteiger partial charge is 0.348 e. The maximum absolute atomic E-state index is 12.6. The van der Waals surface area contributed by atoms with Crippen molar-refractivity contribution in [2.75, 3.05) is 19.0 Å². The van der Waals surface area contributed by atoms with Crippen molar-refractivity contribution in [1.82, 2.24) is 24.6 Å². The lowest BCUT2D eigenvalue weighted by Gasteiger charge is -2.12. The molecular formula is C20H26N6O. The maximum Gasteiger partial charge on any atom is 0.272 e. The Morgan fingerprint density at radius 2 is 1.78 bits per heavy atom. The Hall–Kier alpha value is -3.09. The molecule has 0 unspecified atom stereocenters. The van der Waals surface area contributed by atoms with Crippen LogP contribution in [-0.2, 0) is 13.6 Å². The first-order valence-corrected chi connectivity index (χ1v) is 8.87. The second kappa shape index (κ2) is 7.26. The fraction of sp³-hybridized carbons (Fsp3) is 0.350. The van der Waals surface area contributed by atoms with Gasteiger partial charge in [0.15, 0.2) is 5.69 Å². The Morgan fingerprint density at radius 3 is 2.37 bits per heavy atom. The molecule has 1 amide bonds. The molecule has 7 heteroatoms. The molecule has 0 bridgehead atoms. The second-order valence-corrected chi connectivity index (χ2v) is 7.11. The van der Waals surface area contributed by atoms with E-state index >= 15 is 0 Å². The second-order valence-electron chi connectivity index (χ2n) is 7.11. The van der Waals surface area contributed by atoms with Gasteiger partial charge in [-0.1, -0.05) is 6.07 Å². The van der Waals surface area contributed by atoms with Gasteiger partial charge in [-0.05, 0) is 50.1 Å². The van der Waals surface area contributed by atoms with Crippen molar-refractivity contribution in [2.45, 2.75) is 27.3 Å². The van der Waals surface area contributed by atoms with Gasteiger partial charge >= 0.3 is 0 Å². The van der Waals surface area contributed by atoms with Gasteiger partial charge in [0.1, 0.15) is 0 Å². The first-order valence-electron chi connectivity index (χ1n) is 8.87. The van der Waals surface area contributed by atoms with Gasteiger partial charge in [0.2, 0.25) is 5.95 Å². The van der Waals surface area contributed by atoms with Crippen LogP contribution >= 0.6 is 0 Å². The lowest BCUT2D eigenvalue weighted by Crippen LogP contribution is -2.25. The van der Waals surface area contributed by atoms with Crippen molar-refractivity contribution in [3.05, 3.63) is 58.7 Å².